The number of methoxy groups -OCH3 is 2. The van der Waals surface area contributed by atoms with Crippen molar-refractivity contribution in [2.75, 3.05) is 27.4 Å². The number of amides is 4. The summed E-state index contributed by atoms with van der Waals surface area (Å²) in [6.07, 6.45) is 2.26. The highest BCUT2D eigenvalue weighted by Gasteiger charge is 2.35. The molecule has 1 fully saturated rings. The fourth-order valence-electron chi connectivity index (χ4n) is 3.38. The predicted octanol–water partition coefficient (Wildman–Crippen LogP) is 3.55. The van der Waals surface area contributed by atoms with Gasteiger partial charge in [-0.1, -0.05) is 19.1 Å². The Labute approximate surface area is 198 Å². The second kappa shape index (κ2) is 11.2. The molecule has 0 unspecified atom stereocenters. The van der Waals surface area contributed by atoms with Crippen molar-refractivity contribution in [2.24, 2.45) is 0 Å². The van der Waals surface area contributed by atoms with Crippen molar-refractivity contribution in [2.45, 2.75) is 26.8 Å². The maximum atomic E-state index is 13.1. The van der Waals surface area contributed by atoms with E-state index in [-0.39, 0.29) is 12.1 Å². The number of hydrogen-bond acceptors (Lipinski definition) is 7. The number of nitrogens with zero attached hydrogens (tertiary/aromatic N) is 1. The van der Waals surface area contributed by atoms with Crippen LogP contribution < -0.4 is 24.3 Å². The summed E-state index contributed by atoms with van der Waals surface area (Å²) < 4.78 is 21.8. The minimum Gasteiger partial charge on any atom is -0.493 e. The molecule has 3 rings (SSSR count). The summed E-state index contributed by atoms with van der Waals surface area (Å²) >= 11 is 0. The van der Waals surface area contributed by atoms with Crippen molar-refractivity contribution in [1.29, 1.82) is 0 Å². The molecule has 180 valence electrons. The van der Waals surface area contributed by atoms with Gasteiger partial charge in [0.2, 0.25) is 0 Å². The van der Waals surface area contributed by atoms with Crippen molar-refractivity contribution in [3.63, 3.8) is 0 Å². The van der Waals surface area contributed by atoms with Crippen LogP contribution in [-0.2, 0) is 16.1 Å². The van der Waals surface area contributed by atoms with Crippen LogP contribution in [0.25, 0.3) is 6.08 Å². The van der Waals surface area contributed by atoms with E-state index >= 15 is 0 Å². The highest BCUT2D eigenvalue weighted by molar-refractivity contribution is 6.30. The van der Waals surface area contributed by atoms with E-state index in [0.717, 1.165) is 11.3 Å². The Bertz CT molecular complexity index is 1110. The average molecular weight is 469 g/mol. The molecule has 0 spiro atoms. The van der Waals surface area contributed by atoms with E-state index < -0.39 is 17.8 Å². The van der Waals surface area contributed by atoms with Crippen LogP contribution in [0.5, 0.6) is 23.0 Å². The molecular weight excluding hydrogens is 440 g/mol. The molecule has 1 N–H and O–H groups in total. The van der Waals surface area contributed by atoms with E-state index in [4.69, 9.17) is 18.9 Å². The zero-order chi connectivity index (χ0) is 24.7. The van der Waals surface area contributed by atoms with Gasteiger partial charge in [-0.3, -0.25) is 19.8 Å². The van der Waals surface area contributed by atoms with E-state index in [9.17, 15) is 14.4 Å². The number of carbonyl (C=O) groups is 3. The lowest BCUT2D eigenvalue weighted by Crippen LogP contribution is -2.53. The number of carbonyl (C=O) groups excluding carboxylic acids is 3. The predicted molar refractivity (Wildman–Crippen MR) is 125 cm³/mol. The number of urea groups is 1. The van der Waals surface area contributed by atoms with Gasteiger partial charge in [0.05, 0.1) is 34.0 Å². The standard InChI is InChI=1S/C25H28N2O7/c1-5-11-34-20-10-8-17(14-22(20)32-4)15-27-24(29)18(23(28)26-25(27)30)12-16-7-9-19(33-6-2)21(13-16)31-3/h7-10,12-14H,5-6,11,15H2,1-4H3,(H,26,28,30)/b18-12+. The van der Waals surface area contributed by atoms with Crippen molar-refractivity contribution in [3.8, 4) is 23.0 Å². The normalized spacial score (nSPS) is 14.8. The van der Waals surface area contributed by atoms with Crippen molar-refractivity contribution < 1.29 is 33.3 Å². The van der Waals surface area contributed by atoms with Gasteiger partial charge >= 0.3 is 6.03 Å². The molecule has 0 atom stereocenters. The van der Waals surface area contributed by atoms with Gasteiger partial charge in [-0.2, -0.15) is 0 Å². The third-order valence-electron chi connectivity index (χ3n) is 5.01. The molecule has 1 aliphatic heterocycles. The smallest absolute Gasteiger partial charge is 0.331 e. The summed E-state index contributed by atoms with van der Waals surface area (Å²) in [4.78, 5) is 39.0. The summed E-state index contributed by atoms with van der Waals surface area (Å²) in [7, 11) is 3.02. The van der Waals surface area contributed by atoms with Gasteiger partial charge in [-0.15, -0.1) is 0 Å². The quantitative estimate of drug-likeness (QED) is 0.420. The summed E-state index contributed by atoms with van der Waals surface area (Å²) in [5.41, 5.74) is 1.02. The molecule has 9 nitrogen and oxygen atoms in total. The second-order valence-electron chi connectivity index (χ2n) is 7.39. The van der Waals surface area contributed by atoms with E-state index in [2.05, 4.69) is 5.32 Å². The SMILES string of the molecule is CCCOc1ccc(CN2C(=O)NC(=O)/C(=C\c3ccc(OCC)c(OC)c3)C2=O)cc1OC. The Balaban J connectivity index is 1.86. The lowest BCUT2D eigenvalue weighted by molar-refractivity contribution is -0.130. The van der Waals surface area contributed by atoms with Crippen LogP contribution >= 0.6 is 0 Å². The van der Waals surface area contributed by atoms with E-state index in [1.165, 1.54) is 20.3 Å². The first kappa shape index (κ1) is 24.6. The van der Waals surface area contributed by atoms with Crippen LogP contribution in [0.3, 0.4) is 0 Å². The third kappa shape index (κ3) is 5.48. The number of hydrogen-bond donors (Lipinski definition) is 1. The van der Waals surface area contributed by atoms with Crippen LogP contribution in [0.2, 0.25) is 0 Å². The molecule has 2 aromatic carbocycles. The molecule has 0 saturated carbocycles. The summed E-state index contributed by atoms with van der Waals surface area (Å²) in [5, 5.41) is 2.23. The molecule has 4 amide bonds. The minimum absolute atomic E-state index is 0.0493. The number of benzene rings is 2. The molecule has 1 saturated heterocycles. The third-order valence-corrected chi connectivity index (χ3v) is 5.01. The Morgan fingerprint density at radius 3 is 2.24 bits per heavy atom. The van der Waals surface area contributed by atoms with Gasteiger partial charge in [0.15, 0.2) is 23.0 Å². The van der Waals surface area contributed by atoms with Crippen molar-refractivity contribution in [3.05, 3.63) is 53.1 Å². The van der Waals surface area contributed by atoms with Crippen molar-refractivity contribution in [1.82, 2.24) is 10.2 Å². The van der Waals surface area contributed by atoms with Crippen LogP contribution in [0.4, 0.5) is 4.79 Å². The molecule has 1 aliphatic rings. The zero-order valence-electron chi connectivity index (χ0n) is 19.7. The van der Waals surface area contributed by atoms with Gasteiger partial charge in [0.1, 0.15) is 5.57 Å². The van der Waals surface area contributed by atoms with Gasteiger partial charge in [0.25, 0.3) is 11.8 Å². The molecule has 34 heavy (non-hydrogen) atoms. The van der Waals surface area contributed by atoms with Crippen LogP contribution in [0, 0.1) is 0 Å². The summed E-state index contributed by atoms with van der Waals surface area (Å²) in [5.74, 6) is 0.604. The highest BCUT2D eigenvalue weighted by Crippen LogP contribution is 2.31. The molecule has 0 bridgehead atoms. The average Bonchev–Trinajstić information content (AvgIpc) is 2.84. The second-order valence-corrected chi connectivity index (χ2v) is 7.39. The number of rotatable bonds is 10. The van der Waals surface area contributed by atoms with Crippen molar-refractivity contribution >= 4 is 23.9 Å². The molecule has 0 aliphatic carbocycles. The molecule has 1 heterocycles. The Kier molecular flexibility index (Phi) is 8.13. The number of ether oxygens (including phenoxy) is 4. The fourth-order valence-corrected chi connectivity index (χ4v) is 3.38. The number of barbiturate groups is 1. The van der Waals surface area contributed by atoms with Gasteiger partial charge in [0, 0.05) is 0 Å². The van der Waals surface area contributed by atoms with Crippen LogP contribution in [0.15, 0.2) is 42.0 Å². The van der Waals surface area contributed by atoms with Crippen LogP contribution in [-0.4, -0.2) is 50.2 Å². The first-order chi connectivity index (χ1) is 16.4. The molecule has 0 aromatic heterocycles. The molecule has 0 radical (unpaired) electrons. The topological polar surface area (TPSA) is 103 Å². The molecular formula is C25H28N2O7. The largest absolute Gasteiger partial charge is 0.493 e. The van der Waals surface area contributed by atoms with Gasteiger partial charge in [-0.25, -0.2) is 4.79 Å². The first-order valence-corrected chi connectivity index (χ1v) is 10.9. The number of imide groups is 2. The Morgan fingerprint density at radius 1 is 0.882 bits per heavy atom. The van der Waals surface area contributed by atoms with E-state index in [0.29, 0.717) is 47.3 Å². The van der Waals surface area contributed by atoms with Crippen LogP contribution in [0.1, 0.15) is 31.4 Å². The lowest BCUT2D eigenvalue weighted by Gasteiger charge is -2.26. The molecule has 2 aromatic rings. The first-order valence-electron chi connectivity index (χ1n) is 10.9. The highest BCUT2D eigenvalue weighted by atomic mass is 16.5. The number of nitrogens with one attached hydrogen (secondary N) is 1. The Morgan fingerprint density at radius 2 is 1.56 bits per heavy atom. The zero-order valence-corrected chi connectivity index (χ0v) is 19.7. The monoisotopic (exact) mass is 468 g/mol. The summed E-state index contributed by atoms with van der Waals surface area (Å²) in [6, 6.07) is 9.41. The van der Waals surface area contributed by atoms with E-state index in [1.54, 1.807) is 36.4 Å². The van der Waals surface area contributed by atoms with E-state index in [1.807, 2.05) is 13.8 Å². The molecule has 9 heteroatoms. The maximum Gasteiger partial charge on any atom is 0.331 e. The fraction of sp³-hybridized carbons (Fsp3) is 0.320. The minimum atomic E-state index is -0.790. The maximum absolute atomic E-state index is 13.1. The summed E-state index contributed by atoms with van der Waals surface area (Å²) in [6.45, 7) is 4.80. The van der Waals surface area contributed by atoms with Gasteiger partial charge in [-0.05, 0) is 54.8 Å². The Hall–Kier alpha value is -4.01. The van der Waals surface area contributed by atoms with Gasteiger partial charge < -0.3 is 18.9 Å². The lowest BCUT2D eigenvalue weighted by atomic mass is 10.1.